The van der Waals surface area contributed by atoms with Gasteiger partial charge in [0.25, 0.3) is 5.79 Å². The monoisotopic (exact) mass is 216 g/mol. The summed E-state index contributed by atoms with van der Waals surface area (Å²) < 4.78 is 9.78. The zero-order chi connectivity index (χ0) is 10.8. The maximum Gasteiger partial charge on any atom is 0.349 e. The molecule has 0 aromatic rings. The zero-order valence-electron chi connectivity index (χ0n) is 8.33. The Labute approximate surface area is 86.6 Å². The first kappa shape index (κ1) is 11.1. The number of esters is 2. The van der Waals surface area contributed by atoms with Crippen LogP contribution in [0, 0.1) is 0 Å². The van der Waals surface area contributed by atoms with E-state index in [4.69, 9.17) is 9.47 Å². The van der Waals surface area contributed by atoms with E-state index in [1.165, 1.54) is 31.0 Å². The highest BCUT2D eigenvalue weighted by Crippen LogP contribution is 2.23. The van der Waals surface area contributed by atoms with E-state index in [2.05, 4.69) is 0 Å². The van der Waals surface area contributed by atoms with Crippen LogP contribution in [0.3, 0.4) is 0 Å². The van der Waals surface area contributed by atoms with Gasteiger partial charge in [0, 0.05) is 13.8 Å². The first-order valence-electron chi connectivity index (χ1n) is 4.24. The molecule has 78 valence electrons. The number of hydrogen-bond acceptors (Lipinski definition) is 5. The van der Waals surface area contributed by atoms with Crippen LogP contribution in [0.1, 0.15) is 20.8 Å². The lowest BCUT2D eigenvalue weighted by atomic mass is 10.2. The maximum absolute atomic E-state index is 11.3. The Kier molecular flexibility index (Phi) is 3.21. The van der Waals surface area contributed by atoms with E-state index in [1.54, 1.807) is 0 Å². The van der Waals surface area contributed by atoms with Gasteiger partial charge in [-0.15, -0.1) is 11.8 Å². The average Bonchev–Trinajstić information content (AvgIpc) is 2.00. The Morgan fingerprint density at radius 2 is 1.79 bits per heavy atom. The third kappa shape index (κ3) is 2.51. The van der Waals surface area contributed by atoms with Crippen molar-refractivity contribution >= 4 is 23.7 Å². The van der Waals surface area contributed by atoms with Gasteiger partial charge in [0.2, 0.25) is 0 Å². The summed E-state index contributed by atoms with van der Waals surface area (Å²) in [6.45, 7) is 4.96. The molecule has 4 nitrogen and oxygen atoms in total. The van der Waals surface area contributed by atoms with Crippen molar-refractivity contribution in [1.29, 1.82) is 0 Å². The second-order valence-corrected chi connectivity index (χ2v) is 4.31. The van der Waals surface area contributed by atoms with E-state index < -0.39 is 17.7 Å². The Morgan fingerprint density at radius 3 is 2.21 bits per heavy atom. The number of cyclic esters (lactones) is 2. The van der Waals surface area contributed by atoms with Gasteiger partial charge in [-0.3, -0.25) is 0 Å². The summed E-state index contributed by atoms with van der Waals surface area (Å²) >= 11 is 1.36. The number of carbonyl (C=O) groups excluding carboxylic acids is 2. The number of hydrogen-bond donors (Lipinski definition) is 0. The van der Waals surface area contributed by atoms with Crippen LogP contribution in [0.5, 0.6) is 0 Å². The molecule has 0 aliphatic carbocycles. The molecule has 0 aromatic heterocycles. The van der Waals surface area contributed by atoms with Crippen molar-refractivity contribution in [2.24, 2.45) is 0 Å². The molecular weight excluding hydrogens is 204 g/mol. The smallest absolute Gasteiger partial charge is 0.349 e. The average molecular weight is 216 g/mol. The number of carbonyl (C=O) groups is 2. The molecule has 0 atom stereocenters. The fourth-order valence-electron chi connectivity index (χ4n) is 0.923. The van der Waals surface area contributed by atoms with Crippen LogP contribution in [0.25, 0.3) is 0 Å². The molecule has 5 heteroatoms. The van der Waals surface area contributed by atoms with Crippen LogP contribution in [-0.4, -0.2) is 23.5 Å². The molecule has 0 bridgehead atoms. The van der Waals surface area contributed by atoms with E-state index in [-0.39, 0.29) is 5.57 Å². The standard InChI is InChI=1S/C9H12O4S/c1-4-14-5-6-7(10)12-9(2,3)13-8(6)11/h5H,4H2,1-3H3. The first-order valence-corrected chi connectivity index (χ1v) is 5.29. The number of ether oxygens (including phenoxy) is 2. The van der Waals surface area contributed by atoms with E-state index in [0.29, 0.717) is 0 Å². The van der Waals surface area contributed by atoms with Crippen molar-refractivity contribution in [2.75, 3.05) is 5.75 Å². The fourth-order valence-corrected chi connectivity index (χ4v) is 1.45. The lowest BCUT2D eigenvalue weighted by Crippen LogP contribution is -2.41. The predicted octanol–water partition coefficient (Wildman–Crippen LogP) is 1.46. The Morgan fingerprint density at radius 1 is 1.29 bits per heavy atom. The minimum atomic E-state index is -1.15. The topological polar surface area (TPSA) is 52.6 Å². The summed E-state index contributed by atoms with van der Waals surface area (Å²) in [5.41, 5.74) is -0.0313. The van der Waals surface area contributed by atoms with Crippen molar-refractivity contribution in [3.8, 4) is 0 Å². The van der Waals surface area contributed by atoms with E-state index in [1.807, 2.05) is 6.92 Å². The molecule has 0 spiro atoms. The Balaban J connectivity index is 2.81. The normalized spacial score (nSPS) is 20.1. The third-order valence-corrected chi connectivity index (χ3v) is 2.22. The quantitative estimate of drug-likeness (QED) is 0.397. The predicted molar refractivity (Wildman–Crippen MR) is 52.5 cm³/mol. The first-order chi connectivity index (χ1) is 6.46. The summed E-state index contributed by atoms with van der Waals surface area (Å²) in [5, 5.41) is 1.47. The van der Waals surface area contributed by atoms with Crippen LogP contribution in [0.4, 0.5) is 0 Å². The fraction of sp³-hybridized carbons (Fsp3) is 0.556. The minimum absolute atomic E-state index is 0.0313. The van der Waals surface area contributed by atoms with Crippen molar-refractivity contribution in [2.45, 2.75) is 26.6 Å². The van der Waals surface area contributed by atoms with Crippen molar-refractivity contribution in [1.82, 2.24) is 0 Å². The van der Waals surface area contributed by atoms with Crippen molar-refractivity contribution < 1.29 is 19.1 Å². The van der Waals surface area contributed by atoms with Gasteiger partial charge in [0.1, 0.15) is 0 Å². The molecule has 1 heterocycles. The molecule has 1 rings (SSSR count). The van der Waals surface area contributed by atoms with Gasteiger partial charge in [0.05, 0.1) is 0 Å². The summed E-state index contributed by atoms with van der Waals surface area (Å²) in [6, 6.07) is 0. The Hall–Kier alpha value is -0.970. The van der Waals surface area contributed by atoms with E-state index in [0.717, 1.165) is 5.75 Å². The zero-order valence-corrected chi connectivity index (χ0v) is 9.14. The molecule has 1 aliphatic rings. The van der Waals surface area contributed by atoms with Crippen LogP contribution < -0.4 is 0 Å². The highest BCUT2D eigenvalue weighted by atomic mass is 32.2. The van der Waals surface area contributed by atoms with Crippen LogP contribution in [0.15, 0.2) is 11.0 Å². The molecule has 1 aliphatic heterocycles. The molecule has 1 fully saturated rings. The third-order valence-electron chi connectivity index (χ3n) is 1.48. The second kappa shape index (κ2) is 4.04. The van der Waals surface area contributed by atoms with Crippen molar-refractivity contribution in [3.63, 3.8) is 0 Å². The number of rotatable bonds is 2. The molecular formula is C9H12O4S. The van der Waals surface area contributed by atoms with Crippen LogP contribution >= 0.6 is 11.8 Å². The van der Waals surface area contributed by atoms with Gasteiger partial charge in [-0.05, 0) is 11.2 Å². The lowest BCUT2D eigenvalue weighted by Gasteiger charge is -2.29. The van der Waals surface area contributed by atoms with Crippen LogP contribution in [-0.2, 0) is 19.1 Å². The molecule has 0 N–H and O–H groups in total. The summed E-state index contributed by atoms with van der Waals surface area (Å²) in [5.74, 6) is -1.60. The molecule has 1 saturated heterocycles. The highest BCUT2D eigenvalue weighted by Gasteiger charge is 2.38. The molecule has 0 amide bonds. The molecule has 0 unspecified atom stereocenters. The van der Waals surface area contributed by atoms with Gasteiger partial charge in [-0.2, -0.15) is 0 Å². The molecule has 0 aromatic carbocycles. The summed E-state index contributed by atoms with van der Waals surface area (Å²) in [7, 11) is 0. The van der Waals surface area contributed by atoms with Crippen LogP contribution in [0.2, 0.25) is 0 Å². The van der Waals surface area contributed by atoms with Gasteiger partial charge < -0.3 is 9.47 Å². The minimum Gasteiger partial charge on any atom is -0.419 e. The SMILES string of the molecule is CCSC=C1C(=O)OC(C)(C)OC1=O. The van der Waals surface area contributed by atoms with E-state index >= 15 is 0 Å². The molecule has 14 heavy (non-hydrogen) atoms. The van der Waals surface area contributed by atoms with Gasteiger partial charge in [-0.25, -0.2) is 9.59 Å². The second-order valence-electron chi connectivity index (χ2n) is 3.17. The Bertz CT molecular complexity index is 271. The highest BCUT2D eigenvalue weighted by molar-refractivity contribution is 8.02. The molecule has 0 saturated carbocycles. The summed E-state index contributed by atoms with van der Waals surface area (Å²) in [4.78, 5) is 22.6. The lowest BCUT2D eigenvalue weighted by molar-refractivity contribution is -0.222. The van der Waals surface area contributed by atoms with Gasteiger partial charge in [0.15, 0.2) is 5.57 Å². The largest absolute Gasteiger partial charge is 0.419 e. The van der Waals surface area contributed by atoms with E-state index in [9.17, 15) is 9.59 Å². The maximum atomic E-state index is 11.3. The van der Waals surface area contributed by atoms with Crippen molar-refractivity contribution in [3.05, 3.63) is 11.0 Å². The van der Waals surface area contributed by atoms with Gasteiger partial charge in [-0.1, -0.05) is 6.92 Å². The molecule has 0 radical (unpaired) electrons. The summed E-state index contributed by atoms with van der Waals surface area (Å²) in [6.07, 6.45) is 0. The van der Waals surface area contributed by atoms with Gasteiger partial charge >= 0.3 is 11.9 Å². The number of thioether (sulfide) groups is 1.